The number of nitrogens with two attached hydrogens (primary N) is 1. The number of aryl methyl sites for hydroxylation is 1. The molecule has 1 aromatic rings. The molecule has 3 N–H and O–H groups in total. The highest BCUT2D eigenvalue weighted by Crippen LogP contribution is 2.19. The highest BCUT2D eigenvalue weighted by molar-refractivity contribution is 7.92. The lowest BCUT2D eigenvalue weighted by molar-refractivity contribution is 0.541. The molecule has 1 atom stereocenters. The Hall–Kier alpha value is -1.56. The molecule has 2 rings (SSSR count). The minimum absolute atomic E-state index is 0.245. The fourth-order valence-electron chi connectivity index (χ4n) is 2.48. The molecule has 0 aromatic heterocycles. The van der Waals surface area contributed by atoms with E-state index in [9.17, 15) is 8.42 Å². The zero-order chi connectivity index (χ0) is 15.3. The van der Waals surface area contributed by atoms with E-state index in [0.29, 0.717) is 6.42 Å². The van der Waals surface area contributed by atoms with Crippen molar-refractivity contribution in [2.24, 2.45) is 10.7 Å². The van der Waals surface area contributed by atoms with Crippen LogP contribution < -0.4 is 11.1 Å². The zero-order valence-electron chi connectivity index (χ0n) is 12.4. The van der Waals surface area contributed by atoms with Gasteiger partial charge in [0.15, 0.2) is 15.8 Å². The number of nitrogens with zero attached hydrogens (tertiary/aromatic N) is 1. The van der Waals surface area contributed by atoms with Crippen molar-refractivity contribution in [3.05, 3.63) is 29.8 Å². The number of hydrogen-bond acceptors (Lipinski definition) is 3. The molecule has 0 saturated carbocycles. The van der Waals surface area contributed by atoms with Gasteiger partial charge in [-0.3, -0.25) is 4.99 Å². The molecule has 1 aliphatic rings. The first-order chi connectivity index (χ1) is 10.0. The Labute approximate surface area is 126 Å². The Morgan fingerprint density at radius 2 is 2.24 bits per heavy atom. The van der Waals surface area contributed by atoms with Gasteiger partial charge in [0.05, 0.1) is 17.5 Å². The molecule has 1 fully saturated rings. The van der Waals surface area contributed by atoms with Crippen LogP contribution in [0.25, 0.3) is 0 Å². The molecule has 1 aromatic carbocycles. The number of benzene rings is 1. The minimum Gasteiger partial charge on any atom is -0.370 e. The fraction of sp³-hybridized carbons (Fsp3) is 0.533. The molecule has 1 heterocycles. The molecule has 5 nitrogen and oxygen atoms in total. The molecule has 0 amide bonds. The van der Waals surface area contributed by atoms with Gasteiger partial charge in [-0.1, -0.05) is 25.5 Å². The predicted molar refractivity (Wildman–Crippen MR) is 87.4 cm³/mol. The third kappa shape index (κ3) is 4.46. The molecule has 6 heteroatoms. The van der Waals surface area contributed by atoms with Gasteiger partial charge in [0.2, 0.25) is 0 Å². The normalized spacial score (nSPS) is 22.0. The van der Waals surface area contributed by atoms with E-state index in [0.717, 1.165) is 24.9 Å². The van der Waals surface area contributed by atoms with Crippen LogP contribution in [0.3, 0.4) is 0 Å². The van der Waals surface area contributed by atoms with Gasteiger partial charge in [0.25, 0.3) is 0 Å². The molecular weight excluding hydrogens is 286 g/mol. The Morgan fingerprint density at radius 1 is 1.43 bits per heavy atom. The highest BCUT2D eigenvalue weighted by atomic mass is 32.2. The summed E-state index contributed by atoms with van der Waals surface area (Å²) in [6.45, 7) is 2.33. The van der Waals surface area contributed by atoms with Crippen LogP contribution in [0.4, 0.5) is 5.69 Å². The maximum absolute atomic E-state index is 11.9. The number of aliphatic imine (C=N–C) groups is 1. The average Bonchev–Trinajstić information content (AvgIpc) is 2.46. The van der Waals surface area contributed by atoms with Crippen LogP contribution in [0.15, 0.2) is 29.3 Å². The molecular formula is C15H23N3O2S. The standard InChI is InChI=1S/C15H23N3O2S/c1-2-12-6-5-7-13(10-12)18-15(16)17-11-14-8-3-4-9-21(14,19)20/h5-7,10,14H,2-4,8-9,11H2,1H3,(H3,16,17,18). The summed E-state index contributed by atoms with van der Waals surface area (Å²) in [5.41, 5.74) is 7.93. The monoisotopic (exact) mass is 309 g/mol. The van der Waals surface area contributed by atoms with Gasteiger partial charge in [-0.25, -0.2) is 8.42 Å². The lowest BCUT2D eigenvalue weighted by atomic mass is 10.1. The van der Waals surface area contributed by atoms with Crippen LogP contribution in [-0.2, 0) is 16.3 Å². The Kier molecular flexibility index (Phi) is 5.22. The summed E-state index contributed by atoms with van der Waals surface area (Å²) in [5, 5.41) is 2.64. The van der Waals surface area contributed by atoms with Gasteiger partial charge in [-0.15, -0.1) is 0 Å². The van der Waals surface area contributed by atoms with Crippen LogP contribution in [0, 0.1) is 0 Å². The van der Waals surface area contributed by atoms with Crippen molar-refractivity contribution >= 4 is 21.5 Å². The average molecular weight is 309 g/mol. The molecule has 0 bridgehead atoms. The maximum atomic E-state index is 11.9. The van der Waals surface area contributed by atoms with E-state index in [1.54, 1.807) is 0 Å². The maximum Gasteiger partial charge on any atom is 0.193 e. The van der Waals surface area contributed by atoms with E-state index >= 15 is 0 Å². The van der Waals surface area contributed by atoms with Gasteiger partial charge < -0.3 is 11.1 Å². The smallest absolute Gasteiger partial charge is 0.193 e. The van der Waals surface area contributed by atoms with Crippen molar-refractivity contribution < 1.29 is 8.42 Å². The molecule has 21 heavy (non-hydrogen) atoms. The lowest BCUT2D eigenvalue weighted by Crippen LogP contribution is -2.32. The van der Waals surface area contributed by atoms with Gasteiger partial charge in [-0.05, 0) is 37.0 Å². The Balaban J connectivity index is 1.97. The van der Waals surface area contributed by atoms with E-state index in [1.165, 1.54) is 5.56 Å². The minimum atomic E-state index is -2.99. The predicted octanol–water partition coefficient (Wildman–Crippen LogP) is 1.94. The first-order valence-electron chi connectivity index (χ1n) is 7.38. The van der Waals surface area contributed by atoms with Gasteiger partial charge in [0, 0.05) is 5.69 Å². The van der Waals surface area contributed by atoms with E-state index < -0.39 is 9.84 Å². The summed E-state index contributed by atoms with van der Waals surface area (Å²) in [5.74, 6) is 0.544. The molecule has 0 aliphatic carbocycles. The van der Waals surface area contributed by atoms with Crippen molar-refractivity contribution in [3.63, 3.8) is 0 Å². The van der Waals surface area contributed by atoms with Crippen molar-refractivity contribution in [2.45, 2.75) is 37.9 Å². The van der Waals surface area contributed by atoms with Crippen LogP contribution in [-0.4, -0.2) is 31.9 Å². The van der Waals surface area contributed by atoms with E-state index in [2.05, 4.69) is 17.2 Å². The number of anilines is 1. The van der Waals surface area contributed by atoms with Crippen molar-refractivity contribution in [1.82, 2.24) is 0 Å². The largest absolute Gasteiger partial charge is 0.370 e. The SMILES string of the molecule is CCc1cccc(NC(N)=NCC2CCCCS2(=O)=O)c1. The summed E-state index contributed by atoms with van der Waals surface area (Å²) in [6, 6.07) is 7.94. The second-order valence-corrected chi connectivity index (χ2v) is 7.79. The highest BCUT2D eigenvalue weighted by Gasteiger charge is 2.28. The molecule has 1 unspecified atom stereocenters. The number of nitrogens with one attached hydrogen (secondary N) is 1. The topological polar surface area (TPSA) is 84.5 Å². The second-order valence-electron chi connectivity index (χ2n) is 5.39. The third-order valence-corrected chi connectivity index (χ3v) is 6.04. The van der Waals surface area contributed by atoms with Crippen molar-refractivity contribution in [3.8, 4) is 0 Å². The van der Waals surface area contributed by atoms with Crippen molar-refractivity contribution in [2.75, 3.05) is 17.6 Å². The van der Waals surface area contributed by atoms with Crippen LogP contribution in [0.5, 0.6) is 0 Å². The molecule has 0 spiro atoms. The number of guanidine groups is 1. The summed E-state index contributed by atoms with van der Waals surface area (Å²) in [6.07, 6.45) is 3.35. The first kappa shape index (κ1) is 15.8. The van der Waals surface area contributed by atoms with Crippen LogP contribution in [0.1, 0.15) is 31.7 Å². The zero-order valence-corrected chi connectivity index (χ0v) is 13.2. The Morgan fingerprint density at radius 3 is 2.95 bits per heavy atom. The number of sulfone groups is 1. The quantitative estimate of drug-likeness (QED) is 0.657. The molecule has 1 saturated heterocycles. The summed E-state index contributed by atoms with van der Waals surface area (Å²) in [7, 11) is -2.99. The number of hydrogen-bond donors (Lipinski definition) is 2. The third-order valence-electron chi connectivity index (χ3n) is 3.79. The molecule has 0 radical (unpaired) electrons. The van der Waals surface area contributed by atoms with Gasteiger partial charge in [0.1, 0.15) is 0 Å². The summed E-state index contributed by atoms with van der Waals surface area (Å²) < 4.78 is 23.8. The van der Waals surface area contributed by atoms with E-state index in [-0.39, 0.29) is 23.5 Å². The van der Waals surface area contributed by atoms with Crippen LogP contribution in [0.2, 0.25) is 0 Å². The second kappa shape index (κ2) is 6.93. The van der Waals surface area contributed by atoms with Crippen molar-refractivity contribution in [1.29, 1.82) is 0 Å². The fourth-order valence-corrected chi connectivity index (χ4v) is 4.25. The van der Waals surface area contributed by atoms with E-state index in [4.69, 9.17) is 5.73 Å². The Bertz CT molecular complexity index is 611. The number of rotatable bonds is 4. The van der Waals surface area contributed by atoms with Gasteiger partial charge >= 0.3 is 0 Å². The van der Waals surface area contributed by atoms with E-state index in [1.807, 2.05) is 24.3 Å². The summed E-state index contributed by atoms with van der Waals surface area (Å²) in [4.78, 5) is 4.20. The lowest BCUT2D eigenvalue weighted by Gasteiger charge is -2.20. The summed E-state index contributed by atoms with van der Waals surface area (Å²) >= 11 is 0. The van der Waals surface area contributed by atoms with Crippen LogP contribution >= 0.6 is 0 Å². The molecule has 1 aliphatic heterocycles. The molecule has 116 valence electrons. The first-order valence-corrected chi connectivity index (χ1v) is 9.10. The van der Waals surface area contributed by atoms with Gasteiger partial charge in [-0.2, -0.15) is 0 Å².